The minimum Gasteiger partial charge on any atom is -0.326 e. The minimum atomic E-state index is 0.116. The lowest BCUT2D eigenvalue weighted by Gasteiger charge is -2.32. The summed E-state index contributed by atoms with van der Waals surface area (Å²) in [7, 11) is 0. The van der Waals surface area contributed by atoms with Crippen LogP contribution in [0, 0.1) is 0 Å². The molecule has 104 valence electrons. The van der Waals surface area contributed by atoms with Gasteiger partial charge in [0.25, 0.3) is 0 Å². The molecule has 0 fully saturated rings. The number of nitrogens with two attached hydrogens (primary N) is 1. The zero-order valence-corrected chi connectivity index (χ0v) is 14.4. The van der Waals surface area contributed by atoms with Gasteiger partial charge >= 0.3 is 0 Å². The van der Waals surface area contributed by atoms with Crippen LogP contribution in [0.25, 0.3) is 0 Å². The second kappa shape index (κ2) is 6.99. The summed E-state index contributed by atoms with van der Waals surface area (Å²) < 4.78 is 1.17. The molecule has 2 rings (SSSR count). The average Bonchev–Trinajstić information content (AvgIpc) is 3.00. The molecule has 5 heteroatoms. The van der Waals surface area contributed by atoms with E-state index < -0.39 is 0 Å². The van der Waals surface area contributed by atoms with Crippen molar-refractivity contribution in [1.82, 2.24) is 4.90 Å². The molecule has 2 aromatic heterocycles. The predicted octanol–water partition coefficient (Wildman–Crippen LogP) is 4.48. The second-order valence-corrected chi connectivity index (χ2v) is 8.12. The topological polar surface area (TPSA) is 29.3 Å². The fourth-order valence-corrected chi connectivity index (χ4v) is 4.67. The van der Waals surface area contributed by atoms with E-state index in [1.807, 2.05) is 11.3 Å². The normalized spacial score (nSPS) is 14.8. The van der Waals surface area contributed by atoms with Crippen LogP contribution in [0.5, 0.6) is 0 Å². The van der Waals surface area contributed by atoms with Gasteiger partial charge in [-0.1, -0.05) is 13.0 Å². The number of nitrogens with zero attached hydrogens (tertiary/aromatic N) is 1. The molecule has 0 radical (unpaired) electrons. The first kappa shape index (κ1) is 15.2. The molecule has 0 saturated carbocycles. The molecule has 2 N–H and O–H groups in total. The molecule has 2 nitrogen and oxygen atoms in total. The van der Waals surface area contributed by atoms with Gasteiger partial charge in [0.2, 0.25) is 0 Å². The van der Waals surface area contributed by atoms with E-state index >= 15 is 0 Å². The van der Waals surface area contributed by atoms with Gasteiger partial charge in [-0.15, -0.1) is 22.7 Å². The second-order valence-electron chi connectivity index (χ2n) is 4.59. The van der Waals surface area contributed by atoms with Crippen molar-refractivity contribution in [3.8, 4) is 0 Å². The van der Waals surface area contributed by atoms with Crippen LogP contribution < -0.4 is 5.73 Å². The zero-order chi connectivity index (χ0) is 13.8. The number of hydrogen-bond acceptors (Lipinski definition) is 4. The Morgan fingerprint density at radius 2 is 2.16 bits per heavy atom. The van der Waals surface area contributed by atoms with Crippen LogP contribution >= 0.6 is 38.6 Å². The Hall–Kier alpha value is -0.200. The third kappa shape index (κ3) is 3.89. The first-order chi connectivity index (χ1) is 9.11. The van der Waals surface area contributed by atoms with Crippen LogP contribution in [0.4, 0.5) is 0 Å². The summed E-state index contributed by atoms with van der Waals surface area (Å²) >= 11 is 7.13. The van der Waals surface area contributed by atoms with Gasteiger partial charge in [-0.25, -0.2) is 0 Å². The molecule has 0 aliphatic carbocycles. The van der Waals surface area contributed by atoms with Gasteiger partial charge in [0.05, 0.1) is 9.83 Å². The standard InChI is InChI=1S/C14H19BrN2S2/c1-3-17(9-11-5-4-8-18-11)14(10(2)16)12-6-7-13(15)19-12/h4-8,10,14H,3,9,16H2,1-2H3. The van der Waals surface area contributed by atoms with Crippen molar-refractivity contribution in [1.29, 1.82) is 0 Å². The lowest BCUT2D eigenvalue weighted by Crippen LogP contribution is -2.38. The molecule has 0 aliphatic heterocycles. The van der Waals surface area contributed by atoms with E-state index in [1.54, 1.807) is 11.3 Å². The number of likely N-dealkylation sites (N-methyl/N-ethyl adjacent to an activating group) is 1. The summed E-state index contributed by atoms with van der Waals surface area (Å²) in [6.07, 6.45) is 0. The van der Waals surface area contributed by atoms with Crippen LogP contribution in [0.3, 0.4) is 0 Å². The van der Waals surface area contributed by atoms with E-state index in [9.17, 15) is 0 Å². The largest absolute Gasteiger partial charge is 0.326 e. The minimum absolute atomic E-state index is 0.116. The molecule has 0 aliphatic rings. The van der Waals surface area contributed by atoms with Gasteiger partial charge in [0.1, 0.15) is 0 Å². The van der Waals surface area contributed by atoms with Gasteiger partial charge < -0.3 is 5.73 Å². The van der Waals surface area contributed by atoms with Crippen molar-refractivity contribution in [2.45, 2.75) is 32.5 Å². The smallest absolute Gasteiger partial charge is 0.0702 e. The lowest BCUT2D eigenvalue weighted by atomic mass is 10.1. The van der Waals surface area contributed by atoms with Crippen LogP contribution in [0.2, 0.25) is 0 Å². The Morgan fingerprint density at radius 3 is 2.63 bits per heavy atom. The molecule has 0 bridgehead atoms. The molecule has 0 amide bonds. The number of rotatable bonds is 6. The lowest BCUT2D eigenvalue weighted by molar-refractivity contribution is 0.181. The van der Waals surface area contributed by atoms with Gasteiger partial charge in [0.15, 0.2) is 0 Å². The van der Waals surface area contributed by atoms with Crippen LogP contribution in [0.1, 0.15) is 29.6 Å². The van der Waals surface area contributed by atoms with Gasteiger partial charge in [-0.05, 0) is 53.0 Å². The molecule has 0 saturated heterocycles. The number of halogens is 1. The molecule has 2 atom stereocenters. The number of thiophene rings is 2. The van der Waals surface area contributed by atoms with Crippen LogP contribution in [-0.4, -0.2) is 17.5 Å². The Kier molecular flexibility index (Phi) is 5.59. The maximum absolute atomic E-state index is 6.24. The van der Waals surface area contributed by atoms with Gasteiger partial charge in [-0.2, -0.15) is 0 Å². The summed E-state index contributed by atoms with van der Waals surface area (Å²) in [6.45, 7) is 6.26. The molecule has 0 aromatic carbocycles. The average molecular weight is 359 g/mol. The van der Waals surface area contributed by atoms with Crippen LogP contribution in [0.15, 0.2) is 33.4 Å². The van der Waals surface area contributed by atoms with Crippen molar-refractivity contribution < 1.29 is 0 Å². The first-order valence-electron chi connectivity index (χ1n) is 6.39. The highest BCUT2D eigenvalue weighted by Crippen LogP contribution is 2.33. The summed E-state index contributed by atoms with van der Waals surface area (Å²) in [6, 6.07) is 8.98. The van der Waals surface area contributed by atoms with E-state index in [2.05, 4.69) is 64.3 Å². The van der Waals surface area contributed by atoms with E-state index in [1.165, 1.54) is 13.5 Å². The van der Waals surface area contributed by atoms with Crippen molar-refractivity contribution >= 4 is 38.6 Å². The van der Waals surface area contributed by atoms with E-state index in [0.29, 0.717) is 0 Å². The number of hydrogen-bond donors (Lipinski definition) is 1. The molecule has 0 spiro atoms. The predicted molar refractivity (Wildman–Crippen MR) is 88.8 cm³/mol. The quantitative estimate of drug-likeness (QED) is 0.824. The third-order valence-electron chi connectivity index (χ3n) is 3.12. The molecular weight excluding hydrogens is 340 g/mol. The monoisotopic (exact) mass is 358 g/mol. The third-order valence-corrected chi connectivity index (χ3v) is 5.68. The zero-order valence-electron chi connectivity index (χ0n) is 11.2. The fraction of sp³-hybridized carbons (Fsp3) is 0.429. The maximum atomic E-state index is 6.24. The highest BCUT2D eigenvalue weighted by atomic mass is 79.9. The molecule has 2 aromatic rings. The SMILES string of the molecule is CCN(Cc1cccs1)C(c1ccc(Br)s1)C(C)N. The van der Waals surface area contributed by atoms with E-state index in [-0.39, 0.29) is 12.1 Å². The Labute approximate surface area is 131 Å². The van der Waals surface area contributed by atoms with Crippen LogP contribution in [-0.2, 0) is 6.54 Å². The van der Waals surface area contributed by atoms with E-state index in [4.69, 9.17) is 5.73 Å². The summed E-state index contributed by atoms with van der Waals surface area (Å²) in [5, 5.41) is 2.13. The Morgan fingerprint density at radius 1 is 1.37 bits per heavy atom. The van der Waals surface area contributed by atoms with Crippen molar-refractivity contribution in [3.05, 3.63) is 43.2 Å². The van der Waals surface area contributed by atoms with Crippen molar-refractivity contribution in [2.24, 2.45) is 5.73 Å². The van der Waals surface area contributed by atoms with Crippen molar-refractivity contribution in [3.63, 3.8) is 0 Å². The Bertz CT molecular complexity index is 493. The first-order valence-corrected chi connectivity index (χ1v) is 8.88. The molecule has 2 heterocycles. The van der Waals surface area contributed by atoms with Gasteiger partial charge in [-0.3, -0.25) is 4.90 Å². The highest BCUT2D eigenvalue weighted by molar-refractivity contribution is 9.11. The molecule has 19 heavy (non-hydrogen) atoms. The van der Waals surface area contributed by atoms with Crippen molar-refractivity contribution in [2.75, 3.05) is 6.54 Å². The summed E-state index contributed by atoms with van der Waals surface area (Å²) in [4.78, 5) is 5.18. The maximum Gasteiger partial charge on any atom is 0.0702 e. The Balaban J connectivity index is 2.21. The van der Waals surface area contributed by atoms with E-state index in [0.717, 1.165) is 13.1 Å². The summed E-state index contributed by atoms with van der Waals surface area (Å²) in [5.74, 6) is 0. The molecular formula is C14H19BrN2S2. The molecule has 2 unspecified atom stereocenters. The van der Waals surface area contributed by atoms with Gasteiger partial charge in [0, 0.05) is 22.3 Å². The highest BCUT2D eigenvalue weighted by Gasteiger charge is 2.24. The summed E-state index contributed by atoms with van der Waals surface area (Å²) in [5.41, 5.74) is 6.24. The fourth-order valence-electron chi connectivity index (χ4n) is 2.27.